The third-order valence-corrected chi connectivity index (χ3v) is 3.53. The molecule has 0 aliphatic heterocycles. The summed E-state index contributed by atoms with van der Waals surface area (Å²) in [4.78, 5) is 8.71. The lowest BCUT2D eigenvalue weighted by atomic mass is 10.2. The van der Waals surface area contributed by atoms with Crippen LogP contribution in [0.15, 0.2) is 36.7 Å². The predicted octanol–water partition coefficient (Wildman–Crippen LogP) is 4.04. The fourth-order valence-electron chi connectivity index (χ4n) is 2.35. The predicted molar refractivity (Wildman–Crippen MR) is 80.0 cm³/mol. The number of nitrogens with zero attached hydrogens (tertiary/aromatic N) is 3. The Morgan fingerprint density at radius 3 is 2.80 bits per heavy atom. The van der Waals surface area contributed by atoms with Gasteiger partial charge in [-0.1, -0.05) is 11.6 Å². The first-order valence-electron chi connectivity index (χ1n) is 6.39. The Morgan fingerprint density at radius 1 is 1.25 bits per heavy atom. The second-order valence-electron chi connectivity index (χ2n) is 4.93. The van der Waals surface area contributed by atoms with Gasteiger partial charge in [-0.3, -0.25) is 4.98 Å². The zero-order chi connectivity index (χ0) is 14.3. The van der Waals surface area contributed by atoms with Crippen LogP contribution in [0.25, 0.3) is 22.4 Å². The number of halogens is 1. The minimum absolute atomic E-state index is 0.171. The lowest BCUT2D eigenvalue weighted by Crippen LogP contribution is -2.03. The van der Waals surface area contributed by atoms with E-state index in [1.165, 1.54) is 0 Å². The van der Waals surface area contributed by atoms with Crippen LogP contribution in [0.5, 0.6) is 5.75 Å². The highest BCUT2D eigenvalue weighted by Gasteiger charge is 2.17. The molecule has 0 saturated carbocycles. The summed E-state index contributed by atoms with van der Waals surface area (Å²) in [6, 6.07) is 7.03. The SMILES string of the molecule is CC(C)n1c(-c2cc(O)ccc2Cl)nc2cnccc21. The molecule has 0 aliphatic rings. The summed E-state index contributed by atoms with van der Waals surface area (Å²) >= 11 is 6.25. The van der Waals surface area contributed by atoms with Crippen LogP contribution in [0.2, 0.25) is 5.02 Å². The quantitative estimate of drug-likeness (QED) is 0.774. The number of aromatic nitrogens is 3. The van der Waals surface area contributed by atoms with Gasteiger partial charge in [-0.2, -0.15) is 0 Å². The Labute approximate surface area is 121 Å². The summed E-state index contributed by atoms with van der Waals surface area (Å²) in [5, 5.41) is 10.3. The van der Waals surface area contributed by atoms with E-state index >= 15 is 0 Å². The average molecular weight is 288 g/mol. The van der Waals surface area contributed by atoms with E-state index in [1.54, 1.807) is 30.6 Å². The maximum Gasteiger partial charge on any atom is 0.143 e. The zero-order valence-corrected chi connectivity index (χ0v) is 12.0. The number of imidazole rings is 1. The topological polar surface area (TPSA) is 50.9 Å². The van der Waals surface area contributed by atoms with E-state index < -0.39 is 0 Å². The van der Waals surface area contributed by atoms with E-state index in [1.807, 2.05) is 6.07 Å². The molecule has 3 aromatic rings. The number of pyridine rings is 1. The van der Waals surface area contributed by atoms with Crippen LogP contribution in [-0.2, 0) is 0 Å². The first kappa shape index (κ1) is 12.9. The van der Waals surface area contributed by atoms with Gasteiger partial charge in [0.1, 0.15) is 17.1 Å². The molecule has 0 atom stereocenters. The third-order valence-electron chi connectivity index (χ3n) is 3.20. The van der Waals surface area contributed by atoms with Gasteiger partial charge in [-0.15, -0.1) is 0 Å². The van der Waals surface area contributed by atoms with Gasteiger partial charge in [0, 0.05) is 17.8 Å². The first-order chi connectivity index (χ1) is 9.58. The smallest absolute Gasteiger partial charge is 0.143 e. The number of fused-ring (bicyclic) bond motifs is 1. The highest BCUT2D eigenvalue weighted by Crippen LogP contribution is 2.34. The van der Waals surface area contributed by atoms with Crippen LogP contribution in [0.4, 0.5) is 0 Å². The number of phenols is 1. The lowest BCUT2D eigenvalue weighted by molar-refractivity contribution is 0.475. The zero-order valence-electron chi connectivity index (χ0n) is 11.2. The molecule has 102 valence electrons. The van der Waals surface area contributed by atoms with Crippen molar-refractivity contribution in [2.24, 2.45) is 0 Å². The highest BCUT2D eigenvalue weighted by molar-refractivity contribution is 6.33. The molecule has 3 rings (SSSR count). The van der Waals surface area contributed by atoms with E-state index in [-0.39, 0.29) is 11.8 Å². The Morgan fingerprint density at radius 2 is 2.05 bits per heavy atom. The number of benzene rings is 1. The molecular formula is C15H14ClN3O. The van der Waals surface area contributed by atoms with Gasteiger partial charge in [-0.05, 0) is 38.1 Å². The minimum atomic E-state index is 0.171. The maximum absolute atomic E-state index is 9.70. The van der Waals surface area contributed by atoms with Crippen molar-refractivity contribution in [3.63, 3.8) is 0 Å². The van der Waals surface area contributed by atoms with Gasteiger partial charge in [0.15, 0.2) is 0 Å². The molecule has 4 nitrogen and oxygen atoms in total. The molecule has 0 amide bonds. The van der Waals surface area contributed by atoms with Crippen molar-refractivity contribution in [1.29, 1.82) is 0 Å². The second-order valence-corrected chi connectivity index (χ2v) is 5.33. The molecule has 1 aromatic carbocycles. The van der Waals surface area contributed by atoms with E-state index in [0.717, 1.165) is 22.4 Å². The number of rotatable bonds is 2. The van der Waals surface area contributed by atoms with Crippen molar-refractivity contribution in [3.8, 4) is 17.1 Å². The number of aromatic hydroxyl groups is 1. The number of hydrogen-bond acceptors (Lipinski definition) is 3. The molecule has 0 bridgehead atoms. The molecule has 1 N–H and O–H groups in total. The monoisotopic (exact) mass is 287 g/mol. The summed E-state index contributed by atoms with van der Waals surface area (Å²) in [7, 11) is 0. The molecule has 0 aliphatic carbocycles. The van der Waals surface area contributed by atoms with Gasteiger partial charge in [0.2, 0.25) is 0 Å². The Bertz CT molecular complexity index is 780. The van der Waals surface area contributed by atoms with Gasteiger partial charge in [0.25, 0.3) is 0 Å². The largest absolute Gasteiger partial charge is 0.508 e. The second kappa shape index (κ2) is 4.80. The fourth-order valence-corrected chi connectivity index (χ4v) is 2.55. The molecule has 0 saturated heterocycles. The van der Waals surface area contributed by atoms with Crippen molar-refractivity contribution < 1.29 is 5.11 Å². The molecule has 0 spiro atoms. The Kier molecular flexibility index (Phi) is 3.10. The van der Waals surface area contributed by atoms with Gasteiger partial charge in [-0.25, -0.2) is 4.98 Å². The van der Waals surface area contributed by atoms with Gasteiger partial charge >= 0.3 is 0 Å². The summed E-state index contributed by atoms with van der Waals surface area (Å²) < 4.78 is 2.09. The van der Waals surface area contributed by atoms with E-state index in [9.17, 15) is 5.11 Å². The van der Waals surface area contributed by atoms with Crippen LogP contribution < -0.4 is 0 Å². The van der Waals surface area contributed by atoms with E-state index in [4.69, 9.17) is 11.6 Å². The highest BCUT2D eigenvalue weighted by atomic mass is 35.5. The number of hydrogen-bond donors (Lipinski definition) is 1. The number of phenolic OH excluding ortho intramolecular Hbond substituents is 1. The average Bonchev–Trinajstić information content (AvgIpc) is 2.80. The minimum Gasteiger partial charge on any atom is -0.508 e. The molecular weight excluding hydrogens is 274 g/mol. The molecule has 0 radical (unpaired) electrons. The third kappa shape index (κ3) is 2.02. The summed E-state index contributed by atoms with van der Waals surface area (Å²) in [6.07, 6.45) is 3.48. The van der Waals surface area contributed by atoms with Crippen LogP contribution in [0, 0.1) is 0 Å². The van der Waals surface area contributed by atoms with Crippen LogP contribution in [0.3, 0.4) is 0 Å². The van der Waals surface area contributed by atoms with Gasteiger partial charge < -0.3 is 9.67 Å². The molecule has 2 heterocycles. The van der Waals surface area contributed by atoms with Crippen LogP contribution in [0.1, 0.15) is 19.9 Å². The molecule has 0 fully saturated rings. The first-order valence-corrected chi connectivity index (χ1v) is 6.76. The van der Waals surface area contributed by atoms with Crippen molar-refractivity contribution >= 4 is 22.6 Å². The van der Waals surface area contributed by atoms with Crippen LogP contribution in [-0.4, -0.2) is 19.6 Å². The summed E-state index contributed by atoms with van der Waals surface area (Å²) in [5.41, 5.74) is 2.54. The summed E-state index contributed by atoms with van der Waals surface area (Å²) in [5.74, 6) is 0.911. The van der Waals surface area contributed by atoms with E-state index in [2.05, 4.69) is 28.4 Å². The maximum atomic E-state index is 9.70. The Balaban J connectivity index is 2.35. The fraction of sp³-hybridized carbons (Fsp3) is 0.200. The van der Waals surface area contributed by atoms with E-state index in [0.29, 0.717) is 5.02 Å². The molecule has 20 heavy (non-hydrogen) atoms. The lowest BCUT2D eigenvalue weighted by Gasteiger charge is -2.14. The van der Waals surface area contributed by atoms with Crippen molar-refractivity contribution in [2.75, 3.05) is 0 Å². The van der Waals surface area contributed by atoms with Crippen LogP contribution >= 0.6 is 11.6 Å². The molecule has 0 unspecified atom stereocenters. The molecule has 5 heteroatoms. The van der Waals surface area contributed by atoms with Crippen molar-refractivity contribution in [2.45, 2.75) is 19.9 Å². The Hall–Kier alpha value is -2.07. The summed E-state index contributed by atoms with van der Waals surface area (Å²) in [6.45, 7) is 4.17. The van der Waals surface area contributed by atoms with Crippen molar-refractivity contribution in [1.82, 2.24) is 14.5 Å². The normalized spacial score (nSPS) is 11.4. The van der Waals surface area contributed by atoms with Crippen molar-refractivity contribution in [3.05, 3.63) is 41.7 Å². The standard InChI is InChI=1S/C15H14ClN3O/c1-9(2)19-14-5-6-17-8-13(14)18-15(19)11-7-10(20)3-4-12(11)16/h3-9,20H,1-2H3. The van der Waals surface area contributed by atoms with Gasteiger partial charge in [0.05, 0.1) is 16.7 Å². The molecule has 2 aromatic heterocycles.